The van der Waals surface area contributed by atoms with Crippen molar-refractivity contribution < 1.29 is 9.59 Å². The Morgan fingerprint density at radius 3 is 2.55 bits per heavy atom. The van der Waals surface area contributed by atoms with Crippen molar-refractivity contribution in [3.8, 4) is 0 Å². The highest BCUT2D eigenvalue weighted by atomic mass is 16.2. The fraction of sp³-hybridized carbons (Fsp3) is 0.600. The summed E-state index contributed by atoms with van der Waals surface area (Å²) in [5.74, 6) is 1.80. The topological polar surface area (TPSA) is 83.4 Å². The minimum atomic E-state index is -0.129. The van der Waals surface area contributed by atoms with Gasteiger partial charge in [0.25, 0.3) is 5.91 Å². The summed E-state index contributed by atoms with van der Waals surface area (Å²) in [6, 6.07) is 8.13. The molecule has 8 nitrogen and oxygen atoms in total. The molecule has 0 bridgehead atoms. The van der Waals surface area contributed by atoms with Crippen LogP contribution in [0.25, 0.3) is 0 Å². The predicted octanol–water partition coefficient (Wildman–Crippen LogP) is 2.34. The quantitative estimate of drug-likeness (QED) is 0.756. The van der Waals surface area contributed by atoms with Gasteiger partial charge in [-0.3, -0.25) is 14.5 Å². The molecule has 0 unspecified atom stereocenters. The van der Waals surface area contributed by atoms with Crippen molar-refractivity contribution in [3.63, 3.8) is 0 Å². The van der Waals surface area contributed by atoms with E-state index in [0.29, 0.717) is 31.3 Å². The highest BCUT2D eigenvalue weighted by molar-refractivity contribution is 5.90. The first-order valence-electron chi connectivity index (χ1n) is 12.4. The van der Waals surface area contributed by atoms with Crippen LogP contribution in [0, 0.1) is 12.8 Å². The first kappa shape index (κ1) is 22.1. The Morgan fingerprint density at radius 2 is 1.76 bits per heavy atom. The van der Waals surface area contributed by atoms with Crippen molar-refractivity contribution in [1.82, 2.24) is 29.9 Å². The van der Waals surface area contributed by atoms with Crippen LogP contribution in [0.1, 0.15) is 65.7 Å². The summed E-state index contributed by atoms with van der Waals surface area (Å²) in [5.41, 5.74) is 2.23. The van der Waals surface area contributed by atoms with Crippen LogP contribution in [0.3, 0.4) is 0 Å². The molecule has 1 aromatic heterocycles. The summed E-state index contributed by atoms with van der Waals surface area (Å²) in [6.45, 7) is 6.46. The standard InChI is InChI=1S/C25H34N6O2/c1-18-7-9-19(10-8-18)15-22(32)30-12-11-29-13-14-31-23(21(29)17-30)27-28-24(31)25(33)26-16-20-5-3-2-4-6-20/h7-10,20-21H,2-6,11-17H2,1H3,(H,26,33)/t21-/m1/s1. The van der Waals surface area contributed by atoms with Crippen LogP contribution in [-0.4, -0.2) is 69.1 Å². The average molecular weight is 451 g/mol. The first-order chi connectivity index (χ1) is 16.1. The molecule has 3 aliphatic rings. The van der Waals surface area contributed by atoms with E-state index < -0.39 is 0 Å². The number of nitrogens with one attached hydrogen (secondary N) is 1. The van der Waals surface area contributed by atoms with Gasteiger partial charge in [0.15, 0.2) is 5.82 Å². The van der Waals surface area contributed by atoms with Crippen molar-refractivity contribution in [1.29, 1.82) is 0 Å². The van der Waals surface area contributed by atoms with Crippen molar-refractivity contribution >= 4 is 11.8 Å². The van der Waals surface area contributed by atoms with E-state index in [1.807, 2.05) is 33.7 Å². The van der Waals surface area contributed by atoms with Gasteiger partial charge in [-0.1, -0.05) is 49.1 Å². The average Bonchev–Trinajstić information content (AvgIpc) is 3.29. The predicted molar refractivity (Wildman–Crippen MR) is 125 cm³/mol. The minimum Gasteiger partial charge on any atom is -0.349 e. The van der Waals surface area contributed by atoms with Crippen LogP contribution >= 0.6 is 0 Å². The summed E-state index contributed by atoms with van der Waals surface area (Å²) < 4.78 is 1.96. The number of benzene rings is 1. The lowest BCUT2D eigenvalue weighted by Crippen LogP contribution is -2.54. The Morgan fingerprint density at radius 1 is 1.00 bits per heavy atom. The fourth-order valence-corrected chi connectivity index (χ4v) is 5.44. The molecular formula is C25H34N6O2. The number of hydrogen-bond acceptors (Lipinski definition) is 5. The molecule has 3 heterocycles. The number of carbonyl (C=O) groups is 2. The SMILES string of the molecule is Cc1ccc(CC(=O)N2CCN3CCn4c(C(=O)NCC5CCCCC5)nnc4[C@H]3C2)cc1. The lowest BCUT2D eigenvalue weighted by atomic mass is 9.89. The summed E-state index contributed by atoms with van der Waals surface area (Å²) >= 11 is 0. The van der Waals surface area contributed by atoms with E-state index in [9.17, 15) is 9.59 Å². The number of hydrogen-bond donors (Lipinski definition) is 1. The van der Waals surface area contributed by atoms with Crippen LogP contribution in [0.5, 0.6) is 0 Å². The van der Waals surface area contributed by atoms with Crippen molar-refractivity contribution in [2.45, 2.75) is 58.0 Å². The molecule has 1 aromatic carbocycles. The molecule has 2 fully saturated rings. The number of nitrogens with zero attached hydrogens (tertiary/aromatic N) is 5. The molecule has 1 saturated heterocycles. The third-order valence-corrected chi connectivity index (χ3v) is 7.49. The summed E-state index contributed by atoms with van der Waals surface area (Å²) in [6.07, 6.45) is 6.64. The molecule has 2 aliphatic heterocycles. The minimum absolute atomic E-state index is 0.0122. The molecule has 176 valence electrons. The van der Waals surface area contributed by atoms with Gasteiger partial charge in [-0.05, 0) is 31.2 Å². The number of fused-ring (bicyclic) bond motifs is 3. The van der Waals surface area contributed by atoms with Gasteiger partial charge in [0.05, 0.1) is 12.5 Å². The van der Waals surface area contributed by atoms with Gasteiger partial charge in [-0.2, -0.15) is 0 Å². The normalized spacial score (nSPS) is 21.4. The van der Waals surface area contributed by atoms with Gasteiger partial charge in [0.1, 0.15) is 0 Å². The molecule has 5 rings (SSSR count). The van der Waals surface area contributed by atoms with Gasteiger partial charge in [0.2, 0.25) is 11.7 Å². The molecule has 2 aromatic rings. The number of aryl methyl sites for hydroxylation is 1. The fourth-order valence-electron chi connectivity index (χ4n) is 5.44. The Labute approximate surface area is 195 Å². The summed E-state index contributed by atoms with van der Waals surface area (Å²) in [5, 5.41) is 11.8. The van der Waals surface area contributed by atoms with Gasteiger partial charge in [-0.15, -0.1) is 10.2 Å². The first-order valence-corrected chi connectivity index (χ1v) is 12.4. The van der Waals surface area contributed by atoms with E-state index in [2.05, 4.69) is 27.3 Å². The van der Waals surface area contributed by atoms with E-state index >= 15 is 0 Å². The second kappa shape index (κ2) is 9.63. The molecule has 1 saturated carbocycles. The monoisotopic (exact) mass is 450 g/mol. The van der Waals surface area contributed by atoms with Crippen LogP contribution in [0.4, 0.5) is 0 Å². The zero-order valence-corrected chi connectivity index (χ0v) is 19.5. The van der Waals surface area contributed by atoms with Crippen molar-refractivity contribution in [2.24, 2.45) is 5.92 Å². The molecule has 33 heavy (non-hydrogen) atoms. The van der Waals surface area contributed by atoms with Gasteiger partial charge in [0, 0.05) is 39.3 Å². The van der Waals surface area contributed by atoms with E-state index in [1.165, 1.54) is 37.7 Å². The zero-order valence-electron chi connectivity index (χ0n) is 19.5. The van der Waals surface area contributed by atoms with Gasteiger partial charge >= 0.3 is 0 Å². The van der Waals surface area contributed by atoms with Crippen molar-refractivity contribution in [3.05, 3.63) is 47.0 Å². The summed E-state index contributed by atoms with van der Waals surface area (Å²) in [7, 11) is 0. The van der Waals surface area contributed by atoms with Crippen LogP contribution in [0.15, 0.2) is 24.3 Å². The van der Waals surface area contributed by atoms with Crippen LogP contribution in [-0.2, 0) is 17.8 Å². The third-order valence-electron chi connectivity index (χ3n) is 7.49. The molecule has 0 spiro atoms. The molecule has 1 atom stereocenters. The highest BCUT2D eigenvalue weighted by Gasteiger charge is 2.38. The van der Waals surface area contributed by atoms with Crippen molar-refractivity contribution in [2.75, 3.05) is 32.7 Å². The Kier molecular flexibility index (Phi) is 6.44. The molecule has 1 aliphatic carbocycles. The number of carbonyl (C=O) groups excluding carboxylic acids is 2. The number of rotatable bonds is 5. The molecule has 2 amide bonds. The van der Waals surface area contributed by atoms with Gasteiger partial charge in [-0.25, -0.2) is 0 Å². The molecule has 8 heteroatoms. The summed E-state index contributed by atoms with van der Waals surface area (Å²) in [4.78, 5) is 30.2. The second-order valence-electron chi connectivity index (χ2n) is 9.80. The number of piperazine rings is 1. The maximum atomic E-state index is 13.0. The lowest BCUT2D eigenvalue weighted by molar-refractivity contribution is -0.134. The smallest absolute Gasteiger partial charge is 0.289 e. The molecule has 0 radical (unpaired) electrons. The van der Waals surface area contributed by atoms with Gasteiger partial charge < -0.3 is 14.8 Å². The lowest BCUT2D eigenvalue weighted by Gasteiger charge is -2.43. The van der Waals surface area contributed by atoms with E-state index in [1.54, 1.807) is 0 Å². The number of aromatic nitrogens is 3. The third kappa shape index (κ3) is 4.81. The number of amides is 2. The van der Waals surface area contributed by atoms with E-state index in [-0.39, 0.29) is 17.9 Å². The molecule has 1 N–H and O–H groups in total. The maximum Gasteiger partial charge on any atom is 0.289 e. The maximum absolute atomic E-state index is 13.0. The highest BCUT2D eigenvalue weighted by Crippen LogP contribution is 2.29. The zero-order chi connectivity index (χ0) is 22.8. The Hall–Kier alpha value is -2.74. The van der Waals surface area contributed by atoms with Crippen LogP contribution < -0.4 is 5.32 Å². The van der Waals surface area contributed by atoms with E-state index in [0.717, 1.165) is 37.6 Å². The Balaban J connectivity index is 1.24. The Bertz CT molecular complexity index is 995. The van der Waals surface area contributed by atoms with E-state index in [4.69, 9.17) is 0 Å². The molecular weight excluding hydrogens is 416 g/mol. The second-order valence-corrected chi connectivity index (χ2v) is 9.80. The largest absolute Gasteiger partial charge is 0.349 e. The van der Waals surface area contributed by atoms with Crippen LogP contribution in [0.2, 0.25) is 0 Å².